The first-order valence-electron chi connectivity index (χ1n) is 7.57. The summed E-state index contributed by atoms with van der Waals surface area (Å²) in [5.41, 5.74) is 0.631. The molecule has 1 aliphatic heterocycles. The zero-order valence-corrected chi connectivity index (χ0v) is 12.4. The predicted octanol–water partition coefficient (Wildman–Crippen LogP) is 2.31. The Balaban J connectivity index is 2.02. The second-order valence-corrected chi connectivity index (χ2v) is 6.17. The van der Waals surface area contributed by atoms with Crippen molar-refractivity contribution in [3.8, 4) is 0 Å². The van der Waals surface area contributed by atoms with Crippen molar-refractivity contribution in [3.05, 3.63) is 71.8 Å². The van der Waals surface area contributed by atoms with Crippen molar-refractivity contribution in [1.82, 2.24) is 5.32 Å². The van der Waals surface area contributed by atoms with E-state index < -0.39 is 10.8 Å². The van der Waals surface area contributed by atoms with Crippen LogP contribution < -0.4 is 5.32 Å². The molecule has 2 aromatic carbocycles. The van der Waals surface area contributed by atoms with Gasteiger partial charge in [0.2, 0.25) is 5.91 Å². The van der Waals surface area contributed by atoms with Crippen molar-refractivity contribution in [2.45, 2.75) is 12.3 Å². The van der Waals surface area contributed by atoms with E-state index in [0.29, 0.717) is 6.54 Å². The number of carbonyl (C=O) groups excluding carboxylic acids is 2. The summed E-state index contributed by atoms with van der Waals surface area (Å²) >= 11 is 0. The molecule has 2 unspecified atom stereocenters. The van der Waals surface area contributed by atoms with Crippen LogP contribution >= 0.6 is 0 Å². The topological polar surface area (TPSA) is 46.2 Å². The highest BCUT2D eigenvalue weighted by Gasteiger charge is 2.86. The predicted molar refractivity (Wildman–Crippen MR) is 83.3 cm³/mol. The van der Waals surface area contributed by atoms with Crippen LogP contribution in [0.1, 0.15) is 18.1 Å². The Kier molecular flexibility index (Phi) is 2.59. The van der Waals surface area contributed by atoms with Crippen LogP contribution in [0.3, 0.4) is 0 Å². The highest BCUT2D eigenvalue weighted by atomic mass is 16.2. The molecule has 2 aliphatic rings. The maximum absolute atomic E-state index is 12.6. The summed E-state index contributed by atoms with van der Waals surface area (Å²) in [4.78, 5) is 25.1. The molecule has 2 aromatic rings. The molecule has 0 spiro atoms. The van der Waals surface area contributed by atoms with E-state index in [1.807, 2.05) is 60.7 Å². The maximum Gasteiger partial charge on any atom is 0.235 e. The summed E-state index contributed by atoms with van der Waals surface area (Å²) in [5.74, 6) is -0.173. The Hall–Kier alpha value is -2.42. The Morgan fingerprint density at radius 1 is 1.00 bits per heavy atom. The number of hydrogen-bond donors (Lipinski definition) is 1. The van der Waals surface area contributed by atoms with Crippen LogP contribution in [-0.4, -0.2) is 18.2 Å². The molecule has 22 heavy (non-hydrogen) atoms. The molecule has 1 saturated carbocycles. The molecule has 1 N–H and O–H groups in total. The van der Waals surface area contributed by atoms with Crippen molar-refractivity contribution in [2.75, 3.05) is 6.54 Å². The fourth-order valence-corrected chi connectivity index (χ4v) is 4.64. The van der Waals surface area contributed by atoms with Gasteiger partial charge in [0.1, 0.15) is 11.2 Å². The van der Waals surface area contributed by atoms with Crippen molar-refractivity contribution in [3.63, 3.8) is 0 Å². The Morgan fingerprint density at radius 3 is 1.91 bits per heavy atom. The second-order valence-electron chi connectivity index (χ2n) is 6.17. The van der Waals surface area contributed by atoms with Gasteiger partial charge in [0.15, 0.2) is 0 Å². The Morgan fingerprint density at radius 2 is 1.50 bits per heavy atom. The third-order valence-corrected chi connectivity index (χ3v) is 5.42. The molecular weight excluding hydrogens is 274 g/mol. The lowest BCUT2D eigenvalue weighted by Crippen LogP contribution is -2.40. The standard InChI is InChI=1S/C19H17NO2/c1-13(21)18-16(12-20-17(18)22)19(18,14-8-4-2-5-9-14)15-10-6-3-7-11-15/h2-11,16H,12H2,1H3,(H,20,22). The average molecular weight is 291 g/mol. The summed E-state index contributed by atoms with van der Waals surface area (Å²) in [7, 11) is 0. The van der Waals surface area contributed by atoms with Crippen LogP contribution in [0.5, 0.6) is 0 Å². The molecule has 110 valence electrons. The molecule has 1 amide bonds. The highest BCUT2D eigenvalue weighted by Crippen LogP contribution is 2.75. The third-order valence-electron chi connectivity index (χ3n) is 5.42. The first kappa shape index (κ1) is 13.3. The van der Waals surface area contributed by atoms with Gasteiger partial charge in [-0.15, -0.1) is 0 Å². The number of carbonyl (C=O) groups is 2. The van der Waals surface area contributed by atoms with Gasteiger partial charge in [0.05, 0.1) is 0 Å². The van der Waals surface area contributed by atoms with Crippen LogP contribution in [0.15, 0.2) is 60.7 Å². The SMILES string of the molecule is CC(=O)C12C(=O)NCC1C2(c1ccccc1)c1ccccc1. The zero-order chi connectivity index (χ0) is 15.4. The second kappa shape index (κ2) is 4.29. The van der Waals surface area contributed by atoms with Gasteiger partial charge < -0.3 is 5.32 Å². The zero-order valence-electron chi connectivity index (χ0n) is 12.4. The van der Waals surface area contributed by atoms with E-state index in [-0.39, 0.29) is 17.6 Å². The number of hydrogen-bond acceptors (Lipinski definition) is 2. The van der Waals surface area contributed by atoms with Crippen molar-refractivity contribution >= 4 is 11.7 Å². The molecule has 2 atom stereocenters. The minimum Gasteiger partial charge on any atom is -0.355 e. The number of amides is 1. The molecule has 2 fully saturated rings. The number of benzene rings is 2. The van der Waals surface area contributed by atoms with Gasteiger partial charge >= 0.3 is 0 Å². The van der Waals surface area contributed by atoms with Crippen LogP contribution in [0.4, 0.5) is 0 Å². The van der Waals surface area contributed by atoms with Gasteiger partial charge in [0, 0.05) is 17.9 Å². The van der Waals surface area contributed by atoms with Gasteiger partial charge in [-0.05, 0) is 18.1 Å². The van der Waals surface area contributed by atoms with Crippen molar-refractivity contribution in [2.24, 2.45) is 11.3 Å². The highest BCUT2D eigenvalue weighted by molar-refractivity contribution is 6.14. The number of nitrogens with one attached hydrogen (secondary N) is 1. The summed E-state index contributed by atoms with van der Waals surface area (Å²) in [6, 6.07) is 19.9. The van der Waals surface area contributed by atoms with Gasteiger partial charge in [-0.2, -0.15) is 0 Å². The van der Waals surface area contributed by atoms with E-state index in [2.05, 4.69) is 5.32 Å². The number of fused-ring (bicyclic) bond motifs is 1. The van der Waals surface area contributed by atoms with E-state index in [0.717, 1.165) is 11.1 Å². The smallest absolute Gasteiger partial charge is 0.235 e. The van der Waals surface area contributed by atoms with E-state index in [4.69, 9.17) is 0 Å². The molecule has 4 rings (SSSR count). The largest absolute Gasteiger partial charge is 0.355 e. The molecule has 3 heteroatoms. The number of piperidine rings is 1. The molecule has 0 aromatic heterocycles. The van der Waals surface area contributed by atoms with Gasteiger partial charge in [0.25, 0.3) is 0 Å². The van der Waals surface area contributed by atoms with Crippen molar-refractivity contribution < 1.29 is 9.59 Å². The fraction of sp³-hybridized carbons (Fsp3) is 0.263. The minimum absolute atomic E-state index is 0.00481. The van der Waals surface area contributed by atoms with Crippen LogP contribution in [0, 0.1) is 11.3 Å². The van der Waals surface area contributed by atoms with Crippen LogP contribution in [0.25, 0.3) is 0 Å². The van der Waals surface area contributed by atoms with Gasteiger partial charge in [-0.1, -0.05) is 60.7 Å². The molecule has 0 bridgehead atoms. The normalized spacial score (nSPS) is 27.9. The van der Waals surface area contributed by atoms with E-state index >= 15 is 0 Å². The fourth-order valence-electron chi connectivity index (χ4n) is 4.64. The van der Waals surface area contributed by atoms with E-state index in [1.165, 1.54) is 0 Å². The molecular formula is C19H17NO2. The lowest BCUT2D eigenvalue weighted by molar-refractivity contribution is -0.134. The Labute approximate surface area is 129 Å². The van der Waals surface area contributed by atoms with Crippen LogP contribution in [0.2, 0.25) is 0 Å². The molecule has 1 aliphatic carbocycles. The molecule has 3 nitrogen and oxygen atoms in total. The first-order valence-corrected chi connectivity index (χ1v) is 7.57. The number of ketones is 1. The van der Waals surface area contributed by atoms with Crippen molar-refractivity contribution in [1.29, 1.82) is 0 Å². The van der Waals surface area contributed by atoms with Crippen LogP contribution in [-0.2, 0) is 15.0 Å². The minimum atomic E-state index is -0.949. The quantitative estimate of drug-likeness (QED) is 0.882. The maximum atomic E-state index is 12.6. The summed E-state index contributed by atoms with van der Waals surface area (Å²) in [6.07, 6.45) is 0. The number of Topliss-reactive ketones (excluding diaryl/α,β-unsaturated/α-hetero) is 1. The van der Waals surface area contributed by atoms with Gasteiger partial charge in [-0.25, -0.2) is 0 Å². The molecule has 0 radical (unpaired) electrons. The lowest BCUT2D eigenvalue weighted by atomic mass is 9.77. The van der Waals surface area contributed by atoms with Gasteiger partial charge in [-0.3, -0.25) is 9.59 Å². The molecule has 1 heterocycles. The summed E-state index contributed by atoms with van der Waals surface area (Å²) in [5, 5.41) is 2.88. The third kappa shape index (κ3) is 1.27. The monoisotopic (exact) mass is 291 g/mol. The summed E-state index contributed by atoms with van der Waals surface area (Å²) < 4.78 is 0. The van der Waals surface area contributed by atoms with E-state index in [1.54, 1.807) is 6.92 Å². The summed E-state index contributed by atoms with van der Waals surface area (Å²) in [6.45, 7) is 2.10. The number of rotatable bonds is 3. The lowest BCUT2D eigenvalue weighted by Gasteiger charge is -2.26. The first-order chi connectivity index (χ1) is 10.7. The van der Waals surface area contributed by atoms with E-state index in [9.17, 15) is 9.59 Å². The Bertz CT molecular complexity index is 714. The average Bonchev–Trinajstić information content (AvgIpc) is 3.05. The molecule has 1 saturated heterocycles.